The number of aliphatic hydroxyl groups is 2. The third kappa shape index (κ3) is 73.4. The molecule has 0 heterocycles. The maximum Gasteiger partial charge on any atom is 0.305 e. The molecule has 522 valence electrons. The summed E-state index contributed by atoms with van der Waals surface area (Å²) in [6.07, 6.45) is 100. The van der Waals surface area contributed by atoms with Crippen molar-refractivity contribution in [1.82, 2.24) is 5.32 Å². The molecule has 0 fully saturated rings. The molecule has 0 radical (unpaired) electrons. The van der Waals surface area contributed by atoms with Gasteiger partial charge in [0, 0.05) is 12.8 Å². The van der Waals surface area contributed by atoms with Gasteiger partial charge in [0.25, 0.3) is 0 Å². The van der Waals surface area contributed by atoms with Gasteiger partial charge in [-0.25, -0.2) is 0 Å². The number of carbonyl (C=O) groups is 2. The molecule has 0 saturated carbocycles. The molecule has 2 unspecified atom stereocenters. The van der Waals surface area contributed by atoms with E-state index in [-0.39, 0.29) is 18.5 Å². The van der Waals surface area contributed by atoms with Gasteiger partial charge in [-0.1, -0.05) is 417 Å². The summed E-state index contributed by atoms with van der Waals surface area (Å²) >= 11 is 0. The van der Waals surface area contributed by atoms with Crippen LogP contribution in [0.3, 0.4) is 0 Å². The lowest BCUT2D eigenvalue weighted by Crippen LogP contribution is -2.45. The number of hydrogen-bond acceptors (Lipinski definition) is 5. The van der Waals surface area contributed by atoms with Crippen molar-refractivity contribution in [2.24, 2.45) is 0 Å². The molecule has 6 nitrogen and oxygen atoms in total. The van der Waals surface area contributed by atoms with Gasteiger partial charge < -0.3 is 20.3 Å². The van der Waals surface area contributed by atoms with Crippen molar-refractivity contribution in [2.45, 2.75) is 475 Å². The largest absolute Gasteiger partial charge is 0.466 e. The van der Waals surface area contributed by atoms with Crippen molar-refractivity contribution < 1.29 is 24.5 Å². The molecule has 0 aromatic heterocycles. The first-order valence-corrected chi connectivity index (χ1v) is 40.6. The van der Waals surface area contributed by atoms with Crippen molar-refractivity contribution >= 4 is 11.9 Å². The molecule has 1 amide bonds. The molecule has 0 aliphatic heterocycles. The Morgan fingerprint density at radius 3 is 0.807 bits per heavy atom. The van der Waals surface area contributed by atoms with Crippen LogP contribution in [0.4, 0.5) is 0 Å². The number of carbonyl (C=O) groups excluding carboxylic acids is 2. The molecule has 0 bridgehead atoms. The molecule has 3 N–H and O–H groups in total. The number of amides is 1. The number of allylic oxidation sites excluding steroid dienone is 3. The van der Waals surface area contributed by atoms with E-state index in [2.05, 4.69) is 31.3 Å². The summed E-state index contributed by atoms with van der Waals surface area (Å²) in [7, 11) is 0. The van der Waals surface area contributed by atoms with Crippen LogP contribution in [0.1, 0.15) is 463 Å². The second-order valence-corrected chi connectivity index (χ2v) is 28.1. The molecule has 88 heavy (non-hydrogen) atoms. The van der Waals surface area contributed by atoms with E-state index in [4.69, 9.17) is 4.74 Å². The van der Waals surface area contributed by atoms with Gasteiger partial charge in [-0.15, -0.1) is 0 Å². The summed E-state index contributed by atoms with van der Waals surface area (Å²) in [4.78, 5) is 24.7. The predicted molar refractivity (Wildman–Crippen MR) is 389 cm³/mol. The van der Waals surface area contributed by atoms with Crippen LogP contribution < -0.4 is 5.32 Å². The number of hydrogen-bond donors (Lipinski definition) is 3. The highest BCUT2D eigenvalue weighted by atomic mass is 16.5. The Labute approximate surface area is 551 Å². The zero-order chi connectivity index (χ0) is 63.5. The second kappa shape index (κ2) is 77.8. The van der Waals surface area contributed by atoms with E-state index >= 15 is 0 Å². The Hall–Kier alpha value is -1.66. The van der Waals surface area contributed by atoms with E-state index in [1.165, 1.54) is 398 Å². The minimum absolute atomic E-state index is 0.0214. The molecule has 0 aliphatic carbocycles. The lowest BCUT2D eigenvalue weighted by atomic mass is 10.0. The minimum Gasteiger partial charge on any atom is -0.466 e. The summed E-state index contributed by atoms with van der Waals surface area (Å²) in [5, 5.41) is 23.3. The number of ether oxygens (including phenoxy) is 1. The van der Waals surface area contributed by atoms with Crippen molar-refractivity contribution in [3.8, 4) is 0 Å². The fourth-order valence-corrected chi connectivity index (χ4v) is 13.0. The molecular weight excluding hydrogens is 1080 g/mol. The van der Waals surface area contributed by atoms with Crippen LogP contribution in [0.25, 0.3) is 0 Å². The average Bonchev–Trinajstić information content (AvgIpc) is 3.58. The predicted octanol–water partition coefficient (Wildman–Crippen LogP) is 26.8. The summed E-state index contributed by atoms with van der Waals surface area (Å²) in [6.45, 7) is 4.96. The lowest BCUT2D eigenvalue weighted by Gasteiger charge is -2.20. The molecule has 0 rings (SSSR count). The van der Waals surface area contributed by atoms with Crippen molar-refractivity contribution in [3.63, 3.8) is 0 Å². The third-order valence-electron chi connectivity index (χ3n) is 19.2. The van der Waals surface area contributed by atoms with Gasteiger partial charge >= 0.3 is 5.97 Å². The highest BCUT2D eigenvalue weighted by molar-refractivity contribution is 5.76. The summed E-state index contributed by atoms with van der Waals surface area (Å²) in [5.74, 6) is -0.0389. The highest BCUT2D eigenvalue weighted by Crippen LogP contribution is 2.20. The van der Waals surface area contributed by atoms with Gasteiger partial charge in [-0.2, -0.15) is 0 Å². The molecule has 0 saturated heterocycles. The van der Waals surface area contributed by atoms with E-state index in [0.29, 0.717) is 19.4 Å². The number of aliphatic hydroxyl groups excluding tert-OH is 2. The zero-order valence-corrected chi connectivity index (χ0v) is 60.0. The van der Waals surface area contributed by atoms with E-state index in [9.17, 15) is 19.8 Å². The van der Waals surface area contributed by atoms with Gasteiger partial charge in [0.1, 0.15) is 0 Å². The maximum absolute atomic E-state index is 12.6. The second-order valence-electron chi connectivity index (χ2n) is 28.1. The van der Waals surface area contributed by atoms with Crippen molar-refractivity contribution in [2.75, 3.05) is 13.2 Å². The summed E-state index contributed by atoms with van der Waals surface area (Å²) in [5.41, 5.74) is 0. The molecule has 0 aliphatic rings. The van der Waals surface area contributed by atoms with Gasteiger partial charge in [0.2, 0.25) is 5.91 Å². The topological polar surface area (TPSA) is 95.9 Å². The summed E-state index contributed by atoms with van der Waals surface area (Å²) in [6, 6.07) is -0.628. The highest BCUT2D eigenvalue weighted by Gasteiger charge is 2.18. The van der Waals surface area contributed by atoms with E-state index in [0.717, 1.165) is 38.5 Å². The Bertz CT molecular complexity index is 1380. The number of unbranched alkanes of at least 4 members (excludes halogenated alkanes) is 64. The van der Waals surface area contributed by atoms with Crippen LogP contribution in [0.15, 0.2) is 24.3 Å². The third-order valence-corrected chi connectivity index (χ3v) is 19.2. The lowest BCUT2D eigenvalue weighted by molar-refractivity contribution is -0.143. The van der Waals surface area contributed by atoms with Crippen LogP contribution in [-0.2, 0) is 14.3 Å². The first-order chi connectivity index (χ1) is 43.5. The Kier molecular flexibility index (Phi) is 76.3. The molecule has 0 spiro atoms. The van der Waals surface area contributed by atoms with Crippen LogP contribution in [0.2, 0.25) is 0 Å². The van der Waals surface area contributed by atoms with E-state index in [1.54, 1.807) is 6.08 Å². The van der Waals surface area contributed by atoms with Crippen molar-refractivity contribution in [3.05, 3.63) is 24.3 Å². The fourth-order valence-electron chi connectivity index (χ4n) is 13.0. The fraction of sp³-hybridized carbons (Fsp3) is 0.927. The van der Waals surface area contributed by atoms with Crippen LogP contribution >= 0.6 is 0 Å². The summed E-state index contributed by atoms with van der Waals surface area (Å²) < 4.78 is 5.51. The van der Waals surface area contributed by atoms with Crippen LogP contribution in [0, 0.1) is 0 Å². The molecular formula is C82H159NO5. The maximum atomic E-state index is 12.6. The zero-order valence-electron chi connectivity index (χ0n) is 60.0. The van der Waals surface area contributed by atoms with Gasteiger partial charge in [-0.05, 0) is 57.8 Å². The first-order valence-electron chi connectivity index (χ1n) is 40.6. The minimum atomic E-state index is -0.845. The number of rotatable bonds is 77. The van der Waals surface area contributed by atoms with Crippen LogP contribution in [0.5, 0.6) is 0 Å². The van der Waals surface area contributed by atoms with E-state index in [1.807, 2.05) is 6.08 Å². The van der Waals surface area contributed by atoms with Gasteiger partial charge in [-0.3, -0.25) is 9.59 Å². The monoisotopic (exact) mass is 1240 g/mol. The average molecular weight is 1240 g/mol. The Morgan fingerprint density at radius 1 is 0.307 bits per heavy atom. The van der Waals surface area contributed by atoms with Crippen molar-refractivity contribution in [1.29, 1.82) is 0 Å². The number of nitrogens with one attached hydrogen (secondary N) is 1. The standard InChI is InChI=1S/C82H159NO5/c1-3-5-7-9-11-13-15-17-19-20-21-22-23-31-34-37-40-43-47-50-54-58-62-66-70-74-80(85)79(78-84)83-81(86)75-71-67-63-59-55-51-48-44-41-38-35-32-29-27-25-24-26-28-30-33-36-39-42-45-49-53-57-61-65-69-73-77-88-82(87)76-72-68-64-60-56-52-46-18-16-14-12-10-8-6-4-2/h26,28,70,74,79-80,84-85H,3-25,27,29-69,71-73,75-78H2,1-2H3,(H,83,86)/b28-26-,74-70+. The normalized spacial score (nSPS) is 12.5. The van der Waals surface area contributed by atoms with Crippen LogP contribution in [-0.4, -0.2) is 47.4 Å². The quantitative estimate of drug-likeness (QED) is 0.0320. The molecule has 0 aromatic rings. The smallest absolute Gasteiger partial charge is 0.305 e. The molecule has 2 atom stereocenters. The molecule has 6 heteroatoms. The molecule has 0 aromatic carbocycles. The Morgan fingerprint density at radius 2 is 0.534 bits per heavy atom. The van der Waals surface area contributed by atoms with Gasteiger partial charge in [0.05, 0.1) is 25.4 Å². The Balaban J connectivity index is 3.38. The first kappa shape index (κ1) is 86.3. The number of esters is 1. The SMILES string of the molecule is CCCCCCCCCCCCCCCCCCCCCCCCC/C=C/C(O)C(CO)NC(=O)CCCCCCCCCCCCCCCCC/C=C\CCCCCCCCCCCCCCOC(=O)CCCCCCCCCCCCCCCCC. The van der Waals surface area contributed by atoms with E-state index < -0.39 is 12.1 Å². The van der Waals surface area contributed by atoms with Gasteiger partial charge in [0.15, 0.2) is 0 Å².